The van der Waals surface area contributed by atoms with Crippen LogP contribution < -0.4 is 0 Å². The van der Waals surface area contributed by atoms with E-state index in [0.717, 1.165) is 22.0 Å². The lowest BCUT2D eigenvalue weighted by Crippen LogP contribution is -2.27. The van der Waals surface area contributed by atoms with Crippen LogP contribution in [0.4, 0.5) is 5.69 Å². The molecule has 1 aliphatic heterocycles. The summed E-state index contributed by atoms with van der Waals surface area (Å²) in [6, 6.07) is 16.6. The van der Waals surface area contributed by atoms with E-state index in [4.69, 9.17) is 0 Å². The topological polar surface area (TPSA) is 71.1 Å². The molecule has 3 rings (SSSR count). The Morgan fingerprint density at radius 1 is 1.25 bits per heavy atom. The van der Waals surface area contributed by atoms with Crippen molar-refractivity contribution in [3.8, 4) is 0 Å². The Morgan fingerprint density at radius 3 is 2.75 bits per heavy atom. The van der Waals surface area contributed by atoms with Gasteiger partial charge in [-0.25, -0.2) is 5.01 Å². The molecule has 0 spiro atoms. The van der Waals surface area contributed by atoms with Crippen LogP contribution in [0.15, 0.2) is 64.7 Å². The van der Waals surface area contributed by atoms with Crippen LogP contribution in [0.5, 0.6) is 0 Å². The molecule has 0 bridgehead atoms. The SMILES string of the molecule is CN1N=C(c2cccc([N+](=O)[O-])c2)CSC1=NCc1ccccc1. The minimum absolute atomic E-state index is 0.0754. The maximum absolute atomic E-state index is 10.9. The lowest BCUT2D eigenvalue weighted by Gasteiger charge is -2.22. The highest BCUT2D eigenvalue weighted by molar-refractivity contribution is 8.14. The van der Waals surface area contributed by atoms with E-state index < -0.39 is 4.92 Å². The second-order valence-electron chi connectivity index (χ2n) is 5.25. The number of nitro groups is 1. The highest BCUT2D eigenvalue weighted by Crippen LogP contribution is 2.21. The Kier molecular flexibility index (Phi) is 4.90. The molecule has 0 saturated carbocycles. The van der Waals surface area contributed by atoms with Crippen molar-refractivity contribution in [1.82, 2.24) is 5.01 Å². The van der Waals surface area contributed by atoms with Gasteiger partial charge in [0.1, 0.15) is 0 Å². The van der Waals surface area contributed by atoms with Gasteiger partial charge in [0.05, 0.1) is 17.2 Å². The molecule has 0 aliphatic carbocycles. The number of hydrazone groups is 1. The average Bonchev–Trinajstić information content (AvgIpc) is 2.61. The monoisotopic (exact) mass is 340 g/mol. The largest absolute Gasteiger partial charge is 0.270 e. The summed E-state index contributed by atoms with van der Waals surface area (Å²) in [6.45, 7) is 0.606. The molecule has 0 saturated heterocycles. The van der Waals surface area contributed by atoms with Crippen LogP contribution in [0.25, 0.3) is 0 Å². The highest BCUT2D eigenvalue weighted by Gasteiger charge is 2.19. The molecule has 2 aromatic rings. The maximum atomic E-state index is 10.9. The molecule has 0 atom stereocenters. The molecule has 0 fully saturated rings. The second-order valence-corrected chi connectivity index (χ2v) is 6.19. The summed E-state index contributed by atoms with van der Waals surface area (Å²) in [7, 11) is 1.84. The van der Waals surface area contributed by atoms with Crippen LogP contribution in [-0.2, 0) is 6.54 Å². The average molecular weight is 340 g/mol. The zero-order valence-electron chi connectivity index (χ0n) is 13.1. The first-order chi connectivity index (χ1) is 11.6. The standard InChI is InChI=1S/C17H16N4O2S/c1-20-17(18-11-13-6-3-2-4-7-13)24-12-16(19-20)14-8-5-9-15(10-14)21(22)23/h2-10H,11-12H2,1H3. The first kappa shape index (κ1) is 16.2. The summed E-state index contributed by atoms with van der Waals surface area (Å²) >= 11 is 1.58. The molecule has 7 heteroatoms. The molecule has 2 aromatic carbocycles. The third-order valence-electron chi connectivity index (χ3n) is 3.52. The fourth-order valence-corrected chi connectivity index (χ4v) is 3.18. The van der Waals surface area contributed by atoms with E-state index in [1.165, 1.54) is 6.07 Å². The second kappa shape index (κ2) is 7.27. The van der Waals surface area contributed by atoms with Crippen LogP contribution >= 0.6 is 11.8 Å². The van der Waals surface area contributed by atoms with Gasteiger partial charge in [0.15, 0.2) is 5.17 Å². The number of thioether (sulfide) groups is 1. The fraction of sp³-hybridized carbons (Fsp3) is 0.176. The van der Waals surface area contributed by atoms with Gasteiger partial charge >= 0.3 is 0 Å². The van der Waals surface area contributed by atoms with Crippen molar-refractivity contribution in [3.63, 3.8) is 0 Å². The van der Waals surface area contributed by atoms with Crippen molar-refractivity contribution in [2.45, 2.75) is 6.54 Å². The number of hydrogen-bond acceptors (Lipinski definition) is 5. The van der Waals surface area contributed by atoms with Crippen molar-refractivity contribution in [3.05, 3.63) is 75.8 Å². The molecule has 0 unspecified atom stereocenters. The Balaban J connectivity index is 1.76. The number of hydrogen-bond donors (Lipinski definition) is 0. The first-order valence-corrected chi connectivity index (χ1v) is 8.39. The first-order valence-electron chi connectivity index (χ1n) is 7.40. The van der Waals surface area contributed by atoms with E-state index >= 15 is 0 Å². The van der Waals surface area contributed by atoms with E-state index in [-0.39, 0.29) is 5.69 Å². The van der Waals surface area contributed by atoms with Gasteiger partial charge in [-0.1, -0.05) is 54.2 Å². The molecular weight excluding hydrogens is 324 g/mol. The van der Waals surface area contributed by atoms with Crippen LogP contribution in [0, 0.1) is 10.1 Å². The predicted octanol–water partition coefficient (Wildman–Crippen LogP) is 3.53. The zero-order valence-corrected chi connectivity index (χ0v) is 13.9. The summed E-state index contributed by atoms with van der Waals surface area (Å²) in [5.41, 5.74) is 2.80. The van der Waals surface area contributed by atoms with Crippen LogP contribution in [0.2, 0.25) is 0 Å². The van der Waals surface area contributed by atoms with Gasteiger partial charge in [0.25, 0.3) is 5.69 Å². The maximum Gasteiger partial charge on any atom is 0.270 e. The molecule has 0 amide bonds. The van der Waals surface area contributed by atoms with E-state index in [2.05, 4.69) is 10.1 Å². The number of benzene rings is 2. The fourth-order valence-electron chi connectivity index (χ4n) is 2.31. The van der Waals surface area contributed by atoms with Crippen molar-refractivity contribution >= 4 is 28.3 Å². The van der Waals surface area contributed by atoms with Crippen molar-refractivity contribution in [1.29, 1.82) is 0 Å². The van der Waals surface area contributed by atoms with Crippen molar-refractivity contribution < 1.29 is 4.92 Å². The van der Waals surface area contributed by atoms with E-state index in [1.807, 2.05) is 43.4 Å². The molecule has 0 N–H and O–H groups in total. The van der Waals surface area contributed by atoms with Crippen LogP contribution in [-0.4, -0.2) is 33.6 Å². The number of non-ortho nitro benzene ring substituents is 1. The van der Waals surface area contributed by atoms with Crippen LogP contribution in [0.3, 0.4) is 0 Å². The molecule has 122 valence electrons. The summed E-state index contributed by atoms with van der Waals surface area (Å²) in [5, 5.41) is 18.0. The van der Waals surface area contributed by atoms with E-state index in [0.29, 0.717) is 12.3 Å². The molecule has 1 aliphatic rings. The minimum atomic E-state index is -0.392. The van der Waals surface area contributed by atoms with Gasteiger partial charge in [-0.2, -0.15) is 5.10 Å². The van der Waals surface area contributed by atoms with Gasteiger partial charge < -0.3 is 0 Å². The Morgan fingerprint density at radius 2 is 2.04 bits per heavy atom. The Hall–Kier alpha value is -2.67. The smallest absolute Gasteiger partial charge is 0.258 e. The number of rotatable bonds is 4. The molecule has 0 aromatic heterocycles. The van der Waals surface area contributed by atoms with Crippen molar-refractivity contribution in [2.75, 3.05) is 12.8 Å². The molecule has 0 radical (unpaired) electrons. The van der Waals surface area contributed by atoms with Crippen molar-refractivity contribution in [2.24, 2.45) is 10.1 Å². The quantitative estimate of drug-likeness (QED) is 0.630. The van der Waals surface area contributed by atoms with Gasteiger partial charge in [0, 0.05) is 30.5 Å². The Bertz CT molecular complexity index is 805. The van der Waals surface area contributed by atoms with E-state index in [1.54, 1.807) is 28.9 Å². The number of nitro benzene ring substituents is 1. The van der Waals surface area contributed by atoms with Gasteiger partial charge in [-0.15, -0.1) is 0 Å². The third-order valence-corrected chi connectivity index (χ3v) is 4.58. The number of nitrogens with zero attached hydrogens (tertiary/aromatic N) is 4. The third kappa shape index (κ3) is 3.80. The normalized spacial score (nSPS) is 16.1. The number of aliphatic imine (C=N–C) groups is 1. The molecule has 6 nitrogen and oxygen atoms in total. The minimum Gasteiger partial charge on any atom is -0.258 e. The van der Waals surface area contributed by atoms with Gasteiger partial charge in [0.2, 0.25) is 0 Å². The number of amidine groups is 1. The Labute approximate surface area is 144 Å². The summed E-state index contributed by atoms with van der Waals surface area (Å²) in [4.78, 5) is 15.1. The van der Waals surface area contributed by atoms with Crippen LogP contribution in [0.1, 0.15) is 11.1 Å². The van der Waals surface area contributed by atoms with Gasteiger partial charge in [-0.3, -0.25) is 15.1 Å². The molecule has 24 heavy (non-hydrogen) atoms. The summed E-state index contributed by atoms with van der Waals surface area (Å²) < 4.78 is 0. The van der Waals surface area contributed by atoms with Gasteiger partial charge in [-0.05, 0) is 5.56 Å². The summed E-state index contributed by atoms with van der Waals surface area (Å²) in [6.07, 6.45) is 0. The lowest BCUT2D eigenvalue weighted by atomic mass is 10.1. The molecular formula is C17H16N4O2S. The molecule has 1 heterocycles. The van der Waals surface area contributed by atoms with E-state index in [9.17, 15) is 10.1 Å². The lowest BCUT2D eigenvalue weighted by molar-refractivity contribution is -0.384. The highest BCUT2D eigenvalue weighted by atomic mass is 32.2. The summed E-state index contributed by atoms with van der Waals surface area (Å²) in [5.74, 6) is 0.638. The predicted molar refractivity (Wildman–Crippen MR) is 97.4 cm³/mol. The zero-order chi connectivity index (χ0) is 16.9.